The molecule has 2 heteroatoms. The molecule has 0 amide bonds. The summed E-state index contributed by atoms with van der Waals surface area (Å²) in [5.41, 5.74) is 1.36. The molecule has 0 saturated heterocycles. The maximum atomic E-state index is 11.1. The van der Waals surface area contributed by atoms with Crippen molar-refractivity contribution in [3.63, 3.8) is 0 Å². The Kier molecular flexibility index (Phi) is 4.79. The number of rotatable bonds is 4. The molecule has 1 saturated carbocycles. The first-order valence-electron chi connectivity index (χ1n) is 7.33. The van der Waals surface area contributed by atoms with Gasteiger partial charge in [0.2, 0.25) is 0 Å². The lowest BCUT2D eigenvalue weighted by molar-refractivity contribution is 0.0292. The second kappa shape index (κ2) is 6.38. The van der Waals surface area contributed by atoms with Crippen LogP contribution in [-0.4, -0.2) is 36.2 Å². The molecule has 1 aromatic carbocycles. The molecule has 20 heavy (non-hydrogen) atoms. The van der Waals surface area contributed by atoms with E-state index in [4.69, 9.17) is 0 Å². The van der Waals surface area contributed by atoms with Crippen LogP contribution >= 0.6 is 0 Å². The Morgan fingerprint density at radius 3 is 2.65 bits per heavy atom. The van der Waals surface area contributed by atoms with Gasteiger partial charge in [-0.1, -0.05) is 49.1 Å². The first-order chi connectivity index (χ1) is 9.56. The summed E-state index contributed by atoms with van der Waals surface area (Å²) in [6.07, 6.45) is 6.99. The Bertz CT molecular complexity index is 477. The van der Waals surface area contributed by atoms with Gasteiger partial charge in [0.25, 0.3) is 0 Å². The van der Waals surface area contributed by atoms with E-state index >= 15 is 0 Å². The Morgan fingerprint density at radius 1 is 1.35 bits per heavy atom. The fourth-order valence-electron chi connectivity index (χ4n) is 3.13. The van der Waals surface area contributed by atoms with Gasteiger partial charge >= 0.3 is 0 Å². The molecule has 2 atom stereocenters. The highest BCUT2D eigenvalue weighted by Crippen LogP contribution is 2.40. The van der Waals surface area contributed by atoms with Crippen molar-refractivity contribution in [2.75, 3.05) is 20.6 Å². The maximum absolute atomic E-state index is 11.1. The zero-order valence-electron chi connectivity index (χ0n) is 12.5. The van der Waals surface area contributed by atoms with Gasteiger partial charge in [-0.25, -0.2) is 0 Å². The molecule has 2 rings (SSSR count). The third-order valence-electron chi connectivity index (χ3n) is 4.17. The Hall–Kier alpha value is -1.38. The van der Waals surface area contributed by atoms with Gasteiger partial charge in [-0.05, 0) is 44.5 Å². The standard InChI is InChI=1S/C18H25NO/c1-4-18(20)16(13-15-9-6-5-7-10-15)11-8-12-17(18)14-19(2)3/h4-7,9-10,13,17,20H,1,8,11-12,14H2,2-3H3. The van der Waals surface area contributed by atoms with Gasteiger partial charge in [0.1, 0.15) is 5.60 Å². The Morgan fingerprint density at radius 2 is 2.05 bits per heavy atom. The van der Waals surface area contributed by atoms with Crippen LogP contribution in [0.2, 0.25) is 0 Å². The highest BCUT2D eigenvalue weighted by molar-refractivity contribution is 5.56. The van der Waals surface area contributed by atoms with Crippen molar-refractivity contribution < 1.29 is 5.11 Å². The number of aliphatic hydroxyl groups is 1. The van der Waals surface area contributed by atoms with Gasteiger partial charge in [0.15, 0.2) is 0 Å². The average Bonchev–Trinajstić information content (AvgIpc) is 2.44. The van der Waals surface area contributed by atoms with E-state index in [-0.39, 0.29) is 5.92 Å². The molecule has 1 N–H and O–H groups in total. The van der Waals surface area contributed by atoms with Crippen molar-refractivity contribution in [2.45, 2.75) is 24.9 Å². The fourth-order valence-corrected chi connectivity index (χ4v) is 3.13. The first-order valence-corrected chi connectivity index (χ1v) is 7.33. The molecule has 0 spiro atoms. The molecule has 0 aromatic heterocycles. The molecule has 1 aromatic rings. The Labute approximate surface area is 122 Å². The van der Waals surface area contributed by atoms with E-state index in [2.05, 4.69) is 43.8 Å². The smallest absolute Gasteiger partial charge is 0.108 e. The van der Waals surface area contributed by atoms with Crippen molar-refractivity contribution in [3.8, 4) is 0 Å². The van der Waals surface area contributed by atoms with Crippen molar-refractivity contribution in [3.05, 3.63) is 54.1 Å². The summed E-state index contributed by atoms with van der Waals surface area (Å²) in [6.45, 7) is 4.78. The monoisotopic (exact) mass is 271 g/mol. The van der Waals surface area contributed by atoms with Gasteiger partial charge in [-0.3, -0.25) is 0 Å². The minimum atomic E-state index is -0.877. The van der Waals surface area contributed by atoms with E-state index in [0.29, 0.717) is 0 Å². The topological polar surface area (TPSA) is 23.5 Å². The van der Waals surface area contributed by atoms with Crippen LogP contribution in [0.25, 0.3) is 6.08 Å². The Balaban J connectivity index is 2.31. The average molecular weight is 271 g/mol. The number of nitrogens with zero attached hydrogens (tertiary/aromatic N) is 1. The highest BCUT2D eigenvalue weighted by Gasteiger charge is 2.40. The molecule has 0 bridgehead atoms. The third-order valence-corrected chi connectivity index (χ3v) is 4.17. The van der Waals surface area contributed by atoms with Crippen LogP contribution in [-0.2, 0) is 0 Å². The van der Waals surface area contributed by atoms with Gasteiger partial charge in [0.05, 0.1) is 0 Å². The highest BCUT2D eigenvalue weighted by atomic mass is 16.3. The normalized spacial score (nSPS) is 28.8. The van der Waals surface area contributed by atoms with Crippen molar-refractivity contribution in [1.82, 2.24) is 4.90 Å². The summed E-state index contributed by atoms with van der Waals surface area (Å²) in [7, 11) is 4.11. The lowest BCUT2D eigenvalue weighted by Gasteiger charge is -2.41. The molecule has 0 heterocycles. The van der Waals surface area contributed by atoms with E-state index in [0.717, 1.165) is 36.9 Å². The SMILES string of the molecule is C=CC1(O)C(=Cc2ccccc2)CCCC1CN(C)C. The second-order valence-corrected chi connectivity index (χ2v) is 5.96. The molecule has 2 nitrogen and oxygen atoms in total. The molecule has 108 valence electrons. The van der Waals surface area contributed by atoms with Crippen LogP contribution in [0.4, 0.5) is 0 Å². The van der Waals surface area contributed by atoms with E-state index in [1.165, 1.54) is 0 Å². The van der Waals surface area contributed by atoms with E-state index in [1.807, 2.05) is 18.2 Å². The number of hydrogen-bond acceptors (Lipinski definition) is 2. The molecular weight excluding hydrogens is 246 g/mol. The van der Waals surface area contributed by atoms with Crippen LogP contribution in [0.5, 0.6) is 0 Å². The van der Waals surface area contributed by atoms with E-state index in [1.54, 1.807) is 6.08 Å². The van der Waals surface area contributed by atoms with Crippen molar-refractivity contribution >= 4 is 6.08 Å². The molecule has 0 aliphatic heterocycles. The summed E-state index contributed by atoms with van der Waals surface area (Å²) < 4.78 is 0. The van der Waals surface area contributed by atoms with E-state index < -0.39 is 5.60 Å². The number of hydrogen-bond donors (Lipinski definition) is 1. The summed E-state index contributed by atoms with van der Waals surface area (Å²) >= 11 is 0. The third kappa shape index (κ3) is 3.20. The van der Waals surface area contributed by atoms with Gasteiger partial charge in [-0.15, -0.1) is 0 Å². The van der Waals surface area contributed by atoms with E-state index in [9.17, 15) is 5.11 Å². The largest absolute Gasteiger partial charge is 0.381 e. The van der Waals surface area contributed by atoms with Gasteiger partial charge in [-0.2, -0.15) is 0 Å². The lowest BCUT2D eigenvalue weighted by atomic mass is 9.71. The zero-order chi connectivity index (χ0) is 14.6. The van der Waals surface area contributed by atoms with Crippen LogP contribution in [0.1, 0.15) is 24.8 Å². The number of benzene rings is 1. The minimum absolute atomic E-state index is 0.221. The minimum Gasteiger partial charge on any atom is -0.381 e. The van der Waals surface area contributed by atoms with Crippen LogP contribution in [0.15, 0.2) is 48.6 Å². The summed E-state index contributed by atoms with van der Waals surface area (Å²) in [5.74, 6) is 0.221. The van der Waals surface area contributed by atoms with Crippen LogP contribution in [0, 0.1) is 5.92 Å². The quantitative estimate of drug-likeness (QED) is 0.849. The molecule has 0 radical (unpaired) electrons. The van der Waals surface area contributed by atoms with Gasteiger partial charge < -0.3 is 10.0 Å². The fraction of sp³-hybridized carbons (Fsp3) is 0.444. The lowest BCUT2D eigenvalue weighted by Crippen LogP contribution is -2.45. The molecular formula is C18H25NO. The summed E-state index contributed by atoms with van der Waals surface area (Å²) in [5, 5.41) is 11.1. The molecule has 1 aliphatic rings. The first kappa shape index (κ1) is 15.0. The van der Waals surface area contributed by atoms with Crippen LogP contribution < -0.4 is 0 Å². The predicted molar refractivity (Wildman–Crippen MR) is 85.5 cm³/mol. The van der Waals surface area contributed by atoms with Gasteiger partial charge in [0, 0.05) is 12.5 Å². The summed E-state index contributed by atoms with van der Waals surface area (Å²) in [4.78, 5) is 2.14. The van der Waals surface area contributed by atoms with Crippen molar-refractivity contribution in [2.24, 2.45) is 5.92 Å². The summed E-state index contributed by atoms with van der Waals surface area (Å²) in [6, 6.07) is 10.2. The predicted octanol–water partition coefficient (Wildman–Crippen LogP) is 3.35. The molecule has 2 unspecified atom stereocenters. The second-order valence-electron chi connectivity index (χ2n) is 5.96. The molecule has 1 fully saturated rings. The molecule has 1 aliphatic carbocycles. The zero-order valence-corrected chi connectivity index (χ0v) is 12.5. The van der Waals surface area contributed by atoms with Crippen molar-refractivity contribution in [1.29, 1.82) is 0 Å². The maximum Gasteiger partial charge on any atom is 0.108 e. The van der Waals surface area contributed by atoms with Crippen LogP contribution in [0.3, 0.4) is 0 Å².